The summed E-state index contributed by atoms with van der Waals surface area (Å²) >= 11 is 0. The van der Waals surface area contributed by atoms with E-state index in [1.54, 1.807) is 20.3 Å². The first-order chi connectivity index (χ1) is 11.4. The van der Waals surface area contributed by atoms with Crippen LogP contribution in [-0.4, -0.2) is 39.5 Å². The summed E-state index contributed by atoms with van der Waals surface area (Å²) in [6, 6.07) is 5.44. The highest BCUT2D eigenvalue weighted by Gasteiger charge is 2.47. The van der Waals surface area contributed by atoms with E-state index in [2.05, 4.69) is 0 Å². The lowest BCUT2D eigenvalue weighted by molar-refractivity contribution is -0.137. The summed E-state index contributed by atoms with van der Waals surface area (Å²) < 4.78 is 27.6. The van der Waals surface area contributed by atoms with Crippen LogP contribution in [0.4, 0.5) is 0 Å². The fourth-order valence-corrected chi connectivity index (χ4v) is 2.89. The second-order valence-electron chi connectivity index (χ2n) is 5.76. The smallest absolute Gasteiger partial charge is 0.340 e. The minimum absolute atomic E-state index is 0.343. The highest BCUT2D eigenvalue weighted by Crippen LogP contribution is 2.48. The molecule has 2 rings (SSSR count). The average molecular weight is 336 g/mol. The molecule has 1 aliphatic heterocycles. The summed E-state index contributed by atoms with van der Waals surface area (Å²) in [6.45, 7) is 5.99. The third-order valence-electron chi connectivity index (χ3n) is 3.88. The zero-order valence-electron chi connectivity index (χ0n) is 15.0. The highest BCUT2D eigenvalue weighted by molar-refractivity contribution is 5.91. The Morgan fingerprint density at radius 1 is 1.21 bits per heavy atom. The van der Waals surface area contributed by atoms with Crippen LogP contribution in [0.25, 0.3) is 0 Å². The van der Waals surface area contributed by atoms with Crippen molar-refractivity contribution in [2.45, 2.75) is 32.5 Å². The Bertz CT molecular complexity index is 647. The quantitative estimate of drug-likeness (QED) is 0.744. The number of para-hydroxylation sites is 1. The standard InChI is InChI=1S/C18H24O6/c1-7-23-16-13(17(19)22-6)15(24-18(16,2)3)11-9-8-10-12(20-4)14(11)21-5/h8-10,15H,7H2,1-6H3/t15-/m0/s1. The summed E-state index contributed by atoms with van der Waals surface area (Å²) in [4.78, 5) is 12.4. The summed E-state index contributed by atoms with van der Waals surface area (Å²) in [5.74, 6) is 1.07. The molecule has 1 aromatic rings. The van der Waals surface area contributed by atoms with Gasteiger partial charge in [0.2, 0.25) is 0 Å². The lowest BCUT2D eigenvalue weighted by Gasteiger charge is -2.24. The Balaban J connectivity index is 2.64. The molecule has 132 valence electrons. The predicted octanol–water partition coefficient (Wildman–Crippen LogP) is 3.02. The molecule has 0 aliphatic carbocycles. The summed E-state index contributed by atoms with van der Waals surface area (Å²) in [5, 5.41) is 0. The van der Waals surface area contributed by atoms with Crippen LogP contribution >= 0.6 is 0 Å². The number of carbonyl (C=O) groups is 1. The predicted molar refractivity (Wildman–Crippen MR) is 88.1 cm³/mol. The first-order valence-corrected chi connectivity index (χ1v) is 7.75. The van der Waals surface area contributed by atoms with Gasteiger partial charge in [0.05, 0.1) is 27.9 Å². The van der Waals surface area contributed by atoms with Crippen molar-refractivity contribution in [1.82, 2.24) is 0 Å². The first-order valence-electron chi connectivity index (χ1n) is 7.75. The van der Waals surface area contributed by atoms with Gasteiger partial charge < -0.3 is 23.7 Å². The second-order valence-corrected chi connectivity index (χ2v) is 5.76. The summed E-state index contributed by atoms with van der Waals surface area (Å²) in [5.41, 5.74) is 0.258. The van der Waals surface area contributed by atoms with Gasteiger partial charge in [-0.25, -0.2) is 4.79 Å². The molecule has 1 heterocycles. The minimum Gasteiger partial charge on any atom is -0.494 e. The number of rotatable bonds is 6. The van der Waals surface area contributed by atoms with Crippen LogP contribution in [0.3, 0.4) is 0 Å². The Hall–Kier alpha value is -2.21. The maximum atomic E-state index is 12.4. The Kier molecular flexibility index (Phi) is 5.39. The monoisotopic (exact) mass is 336 g/mol. The van der Waals surface area contributed by atoms with Crippen molar-refractivity contribution < 1.29 is 28.5 Å². The normalized spacial score (nSPS) is 19.2. The van der Waals surface area contributed by atoms with Crippen molar-refractivity contribution in [1.29, 1.82) is 0 Å². The number of carbonyl (C=O) groups excluding carboxylic acids is 1. The number of methoxy groups -OCH3 is 3. The van der Waals surface area contributed by atoms with E-state index in [-0.39, 0.29) is 0 Å². The van der Waals surface area contributed by atoms with E-state index < -0.39 is 17.7 Å². The molecule has 6 nitrogen and oxygen atoms in total. The van der Waals surface area contributed by atoms with Crippen molar-refractivity contribution in [2.75, 3.05) is 27.9 Å². The van der Waals surface area contributed by atoms with Gasteiger partial charge in [-0.1, -0.05) is 12.1 Å². The summed E-state index contributed by atoms with van der Waals surface area (Å²) in [7, 11) is 4.44. The van der Waals surface area contributed by atoms with Crippen molar-refractivity contribution in [3.8, 4) is 11.5 Å². The van der Waals surface area contributed by atoms with Crippen LogP contribution in [0, 0.1) is 0 Å². The van der Waals surface area contributed by atoms with Crippen LogP contribution in [0.15, 0.2) is 29.5 Å². The minimum atomic E-state index is -0.766. The fourth-order valence-electron chi connectivity index (χ4n) is 2.89. The number of ether oxygens (including phenoxy) is 5. The van der Waals surface area contributed by atoms with E-state index in [9.17, 15) is 4.79 Å². The van der Waals surface area contributed by atoms with Crippen molar-refractivity contribution in [2.24, 2.45) is 0 Å². The van der Waals surface area contributed by atoms with Gasteiger partial charge in [0, 0.05) is 5.56 Å². The van der Waals surface area contributed by atoms with Gasteiger partial charge in [0.25, 0.3) is 0 Å². The topological polar surface area (TPSA) is 63.2 Å². The number of hydrogen-bond acceptors (Lipinski definition) is 6. The van der Waals surface area contributed by atoms with Crippen molar-refractivity contribution in [3.63, 3.8) is 0 Å². The van der Waals surface area contributed by atoms with Gasteiger partial charge >= 0.3 is 5.97 Å². The van der Waals surface area contributed by atoms with E-state index in [1.165, 1.54) is 7.11 Å². The number of esters is 1. The molecule has 1 atom stereocenters. The third-order valence-corrected chi connectivity index (χ3v) is 3.88. The SMILES string of the molecule is CCOC1=C(C(=O)OC)[C@H](c2cccc(OC)c2OC)OC1(C)C. The Morgan fingerprint density at radius 2 is 1.92 bits per heavy atom. The molecule has 0 radical (unpaired) electrons. The number of benzene rings is 1. The van der Waals surface area contributed by atoms with E-state index in [0.717, 1.165) is 0 Å². The van der Waals surface area contributed by atoms with Crippen LogP contribution < -0.4 is 9.47 Å². The zero-order chi connectivity index (χ0) is 17.9. The van der Waals surface area contributed by atoms with Crippen LogP contribution in [-0.2, 0) is 19.0 Å². The largest absolute Gasteiger partial charge is 0.494 e. The Labute approximate surface area is 142 Å². The molecule has 0 aromatic heterocycles. The summed E-state index contributed by atoms with van der Waals surface area (Å²) in [6.07, 6.45) is -0.668. The van der Waals surface area contributed by atoms with E-state index in [1.807, 2.05) is 32.9 Å². The molecule has 0 N–H and O–H groups in total. The fraction of sp³-hybridized carbons (Fsp3) is 0.500. The van der Waals surface area contributed by atoms with E-state index >= 15 is 0 Å². The van der Waals surface area contributed by atoms with E-state index in [4.69, 9.17) is 23.7 Å². The maximum Gasteiger partial charge on any atom is 0.340 e. The molecule has 0 fully saturated rings. The van der Waals surface area contributed by atoms with Crippen LogP contribution in [0.5, 0.6) is 11.5 Å². The molecule has 24 heavy (non-hydrogen) atoms. The van der Waals surface area contributed by atoms with Crippen molar-refractivity contribution >= 4 is 5.97 Å². The van der Waals surface area contributed by atoms with Crippen LogP contribution in [0.1, 0.15) is 32.4 Å². The van der Waals surface area contributed by atoms with Gasteiger partial charge in [0.15, 0.2) is 11.5 Å². The molecule has 0 bridgehead atoms. The molecule has 0 spiro atoms. The average Bonchev–Trinajstić information content (AvgIpc) is 2.84. The van der Waals surface area contributed by atoms with Gasteiger partial charge in [-0.2, -0.15) is 0 Å². The Morgan fingerprint density at radius 3 is 2.46 bits per heavy atom. The van der Waals surface area contributed by atoms with Gasteiger partial charge in [-0.3, -0.25) is 0 Å². The third kappa shape index (κ3) is 3.06. The van der Waals surface area contributed by atoms with Gasteiger partial charge in [0.1, 0.15) is 23.0 Å². The second kappa shape index (κ2) is 7.13. The molecule has 6 heteroatoms. The molecule has 0 saturated carbocycles. The van der Waals surface area contributed by atoms with Gasteiger partial charge in [-0.05, 0) is 26.8 Å². The van der Waals surface area contributed by atoms with E-state index in [0.29, 0.717) is 35.0 Å². The van der Waals surface area contributed by atoms with Crippen LogP contribution in [0.2, 0.25) is 0 Å². The molecule has 0 amide bonds. The molecular weight excluding hydrogens is 312 g/mol. The molecule has 0 unspecified atom stereocenters. The molecule has 1 aromatic carbocycles. The zero-order valence-corrected chi connectivity index (χ0v) is 15.0. The van der Waals surface area contributed by atoms with Gasteiger partial charge in [-0.15, -0.1) is 0 Å². The van der Waals surface area contributed by atoms with Crippen molar-refractivity contribution in [3.05, 3.63) is 35.1 Å². The maximum absolute atomic E-state index is 12.4. The first kappa shape index (κ1) is 18.1. The highest BCUT2D eigenvalue weighted by atomic mass is 16.6. The molecule has 1 aliphatic rings. The molecule has 0 saturated heterocycles. The lowest BCUT2D eigenvalue weighted by atomic mass is 9.98. The molecular formula is C18H24O6. The lowest BCUT2D eigenvalue weighted by Crippen LogP contribution is -2.24. The number of hydrogen-bond donors (Lipinski definition) is 0.